The molecule has 0 aromatic carbocycles. The number of rotatable bonds is 9. The van der Waals surface area contributed by atoms with Crippen molar-refractivity contribution >= 4 is 41.7 Å². The van der Waals surface area contributed by atoms with Crippen molar-refractivity contribution < 1.29 is 4.42 Å². The van der Waals surface area contributed by atoms with E-state index in [9.17, 15) is 0 Å². The van der Waals surface area contributed by atoms with Crippen LogP contribution in [-0.2, 0) is 6.54 Å². The van der Waals surface area contributed by atoms with E-state index in [2.05, 4.69) is 37.1 Å². The van der Waals surface area contributed by atoms with E-state index in [0.29, 0.717) is 24.0 Å². The normalized spacial score (nSPS) is 11.2. The first kappa shape index (κ1) is 20.8. The summed E-state index contributed by atoms with van der Waals surface area (Å²) in [5.74, 6) is 3.90. The topological polar surface area (TPSA) is 91.1 Å². The molecule has 2 rings (SSSR count). The first-order valence-corrected chi connectivity index (χ1v) is 9.19. The van der Waals surface area contributed by atoms with Crippen LogP contribution in [-0.4, -0.2) is 46.2 Å². The lowest BCUT2D eigenvalue weighted by molar-refractivity contribution is 0.577. The fourth-order valence-corrected chi connectivity index (χ4v) is 2.45. The van der Waals surface area contributed by atoms with E-state index in [0.717, 1.165) is 25.5 Å². The molecule has 2 heterocycles. The summed E-state index contributed by atoms with van der Waals surface area (Å²) >= 11 is 1.88. The van der Waals surface area contributed by atoms with Crippen LogP contribution >= 0.6 is 35.7 Å². The number of aromatic amines is 1. The van der Waals surface area contributed by atoms with Crippen molar-refractivity contribution in [1.29, 1.82) is 0 Å². The van der Waals surface area contributed by atoms with E-state index in [-0.39, 0.29) is 24.0 Å². The second-order valence-electron chi connectivity index (χ2n) is 4.90. The maximum absolute atomic E-state index is 5.28. The highest BCUT2D eigenvalue weighted by Crippen LogP contribution is 2.14. The minimum atomic E-state index is 0. The van der Waals surface area contributed by atoms with Gasteiger partial charge in [-0.25, -0.2) is 9.98 Å². The van der Waals surface area contributed by atoms with Gasteiger partial charge in [-0.2, -0.15) is 11.8 Å². The highest BCUT2D eigenvalue weighted by molar-refractivity contribution is 14.0. The molecule has 0 aliphatic heterocycles. The van der Waals surface area contributed by atoms with E-state index >= 15 is 0 Å². The molecular formula is C15H25IN6OS. The number of hydrogen-bond acceptors (Lipinski definition) is 5. The Kier molecular flexibility index (Phi) is 10.6. The van der Waals surface area contributed by atoms with Gasteiger partial charge in [0, 0.05) is 13.1 Å². The van der Waals surface area contributed by atoms with Crippen LogP contribution in [0.5, 0.6) is 0 Å². The molecule has 2 aromatic heterocycles. The number of H-pyrrole nitrogens is 1. The van der Waals surface area contributed by atoms with E-state index in [1.54, 1.807) is 6.26 Å². The zero-order valence-electron chi connectivity index (χ0n) is 14.0. The molecular weight excluding hydrogens is 439 g/mol. The molecule has 7 nitrogen and oxygen atoms in total. The van der Waals surface area contributed by atoms with Crippen LogP contribution in [0.2, 0.25) is 0 Å². The maximum atomic E-state index is 5.28. The highest BCUT2D eigenvalue weighted by atomic mass is 127. The zero-order chi connectivity index (χ0) is 16.3. The molecule has 0 saturated heterocycles. The fraction of sp³-hybridized carbons (Fsp3) is 0.533. The van der Waals surface area contributed by atoms with Crippen molar-refractivity contribution in [2.24, 2.45) is 4.99 Å². The van der Waals surface area contributed by atoms with Gasteiger partial charge in [0.2, 0.25) is 5.82 Å². The van der Waals surface area contributed by atoms with Crippen LogP contribution in [0.1, 0.15) is 25.6 Å². The second kappa shape index (κ2) is 12.2. The van der Waals surface area contributed by atoms with E-state index in [1.807, 2.05) is 30.8 Å². The quantitative estimate of drug-likeness (QED) is 0.229. The van der Waals surface area contributed by atoms with Gasteiger partial charge in [0.1, 0.15) is 12.4 Å². The summed E-state index contributed by atoms with van der Waals surface area (Å²) in [6.07, 6.45) is 6.08. The third-order valence-corrected chi connectivity index (χ3v) is 3.77. The SMILES string of the molecule is CCNC(=NCc1nc(-c2ccco2)n[nH]1)NCCCCSC.I. The first-order chi connectivity index (χ1) is 11.3. The number of thioether (sulfide) groups is 1. The Bertz CT molecular complexity index is 587. The van der Waals surface area contributed by atoms with Crippen molar-refractivity contribution in [3.63, 3.8) is 0 Å². The third-order valence-electron chi connectivity index (χ3n) is 3.07. The summed E-state index contributed by atoms with van der Waals surface area (Å²) in [5, 5.41) is 13.6. The summed E-state index contributed by atoms with van der Waals surface area (Å²) in [4.78, 5) is 8.90. The highest BCUT2D eigenvalue weighted by Gasteiger charge is 2.08. The average Bonchev–Trinajstić information content (AvgIpc) is 3.23. The Morgan fingerprint density at radius 3 is 2.96 bits per heavy atom. The molecule has 2 aromatic rings. The van der Waals surface area contributed by atoms with Gasteiger partial charge in [0.15, 0.2) is 11.7 Å². The van der Waals surface area contributed by atoms with Gasteiger partial charge in [-0.15, -0.1) is 29.1 Å². The largest absolute Gasteiger partial charge is 0.461 e. The molecule has 0 amide bonds. The Balaban J connectivity index is 0.00000288. The minimum Gasteiger partial charge on any atom is -0.461 e. The second-order valence-corrected chi connectivity index (χ2v) is 5.89. The molecule has 0 bridgehead atoms. The predicted molar refractivity (Wildman–Crippen MR) is 110 cm³/mol. The smallest absolute Gasteiger partial charge is 0.216 e. The number of unbranched alkanes of at least 4 members (excludes halogenated alkanes) is 1. The van der Waals surface area contributed by atoms with E-state index in [1.165, 1.54) is 12.2 Å². The van der Waals surface area contributed by atoms with Crippen LogP contribution in [0.25, 0.3) is 11.6 Å². The van der Waals surface area contributed by atoms with Crippen LogP contribution in [0.15, 0.2) is 27.8 Å². The zero-order valence-corrected chi connectivity index (χ0v) is 17.2. The summed E-state index contributed by atoms with van der Waals surface area (Å²) in [7, 11) is 0. The third kappa shape index (κ3) is 7.12. The number of hydrogen-bond donors (Lipinski definition) is 3. The molecule has 0 atom stereocenters. The van der Waals surface area contributed by atoms with Crippen molar-refractivity contribution in [2.75, 3.05) is 25.1 Å². The molecule has 0 aliphatic carbocycles. The average molecular weight is 464 g/mol. The summed E-state index contributed by atoms with van der Waals surface area (Å²) in [5.41, 5.74) is 0. The standard InChI is InChI=1S/C15H24N6OS.HI/c1-3-16-15(17-8-4-5-10-23-2)18-11-13-19-14(21-20-13)12-7-6-9-22-12;/h6-7,9H,3-5,8,10-11H2,1-2H3,(H2,16,17,18)(H,19,20,21);1H. The number of guanidine groups is 1. The van der Waals surface area contributed by atoms with Crippen LogP contribution < -0.4 is 10.6 Å². The fourth-order valence-electron chi connectivity index (χ4n) is 1.96. The molecule has 3 N–H and O–H groups in total. The summed E-state index contributed by atoms with van der Waals surface area (Å²) in [6.45, 7) is 4.23. The monoisotopic (exact) mass is 464 g/mol. The lowest BCUT2D eigenvalue weighted by atomic mass is 10.3. The number of furan rings is 1. The van der Waals surface area contributed by atoms with Crippen LogP contribution in [0.4, 0.5) is 0 Å². The van der Waals surface area contributed by atoms with Gasteiger partial charge < -0.3 is 15.1 Å². The van der Waals surface area contributed by atoms with Gasteiger partial charge in [0.25, 0.3) is 0 Å². The lowest BCUT2D eigenvalue weighted by Crippen LogP contribution is -2.37. The summed E-state index contributed by atoms with van der Waals surface area (Å²) < 4.78 is 5.28. The minimum absolute atomic E-state index is 0. The Morgan fingerprint density at radius 1 is 1.38 bits per heavy atom. The predicted octanol–water partition coefficient (Wildman–Crippen LogP) is 2.88. The van der Waals surface area contributed by atoms with E-state index < -0.39 is 0 Å². The van der Waals surface area contributed by atoms with Crippen LogP contribution in [0, 0.1) is 0 Å². The maximum Gasteiger partial charge on any atom is 0.216 e. The number of nitrogens with zero attached hydrogens (tertiary/aromatic N) is 3. The number of aliphatic imine (C=N–C) groups is 1. The lowest BCUT2D eigenvalue weighted by Gasteiger charge is -2.10. The van der Waals surface area contributed by atoms with Crippen LogP contribution in [0.3, 0.4) is 0 Å². The molecule has 0 radical (unpaired) electrons. The number of halogens is 1. The Morgan fingerprint density at radius 2 is 2.25 bits per heavy atom. The molecule has 24 heavy (non-hydrogen) atoms. The van der Waals surface area contributed by atoms with Gasteiger partial charge in [-0.05, 0) is 43.9 Å². The van der Waals surface area contributed by atoms with Gasteiger partial charge >= 0.3 is 0 Å². The molecule has 0 saturated carbocycles. The molecule has 0 fully saturated rings. The molecule has 134 valence electrons. The Hall–Kier alpha value is -1.23. The van der Waals surface area contributed by atoms with Crippen molar-refractivity contribution in [2.45, 2.75) is 26.3 Å². The molecule has 9 heteroatoms. The van der Waals surface area contributed by atoms with Crippen molar-refractivity contribution in [3.05, 3.63) is 24.2 Å². The van der Waals surface area contributed by atoms with E-state index in [4.69, 9.17) is 4.42 Å². The number of aromatic nitrogens is 3. The molecule has 0 unspecified atom stereocenters. The van der Waals surface area contributed by atoms with Gasteiger partial charge in [-0.1, -0.05) is 0 Å². The molecule has 0 aliphatic rings. The van der Waals surface area contributed by atoms with Crippen molar-refractivity contribution in [3.8, 4) is 11.6 Å². The van der Waals surface area contributed by atoms with Gasteiger partial charge in [0.05, 0.1) is 6.26 Å². The Labute approximate surface area is 163 Å². The molecule has 0 spiro atoms. The van der Waals surface area contributed by atoms with Gasteiger partial charge in [-0.3, -0.25) is 5.10 Å². The number of nitrogens with one attached hydrogen (secondary N) is 3. The first-order valence-electron chi connectivity index (χ1n) is 7.79. The summed E-state index contributed by atoms with van der Waals surface area (Å²) in [6, 6.07) is 3.64. The van der Waals surface area contributed by atoms with Crippen molar-refractivity contribution in [1.82, 2.24) is 25.8 Å².